The van der Waals surface area contributed by atoms with Gasteiger partial charge in [-0.05, 0) is 12.1 Å². The number of para-hydroxylation sites is 1. The molecule has 2 rings (SSSR count). The van der Waals surface area contributed by atoms with Crippen molar-refractivity contribution in [3.8, 4) is 28.1 Å². The Kier molecular flexibility index (Phi) is 4.19. The molecule has 0 unspecified atom stereocenters. The quantitative estimate of drug-likeness (QED) is 0.860. The molecule has 0 bridgehead atoms. The molecular weight excluding hydrogens is 284 g/mol. The highest BCUT2D eigenvalue weighted by Crippen LogP contribution is 2.41. The van der Waals surface area contributed by atoms with Crippen LogP contribution in [0.2, 0.25) is 0 Å². The van der Waals surface area contributed by atoms with E-state index < -0.39 is 0 Å². The van der Waals surface area contributed by atoms with E-state index in [9.17, 15) is 5.26 Å². The lowest BCUT2D eigenvalue weighted by atomic mass is 9.91. The van der Waals surface area contributed by atoms with Crippen molar-refractivity contribution in [2.45, 2.75) is 26.2 Å². The van der Waals surface area contributed by atoms with E-state index in [1.807, 2.05) is 18.2 Å². The normalized spacial score (nSPS) is 11.0. The molecule has 0 spiro atoms. The predicted octanol–water partition coefficient (Wildman–Crippen LogP) is 4.00. The molecule has 4 nitrogen and oxygen atoms in total. The van der Waals surface area contributed by atoms with Crippen LogP contribution in [0.5, 0.6) is 11.5 Å². The third kappa shape index (κ3) is 2.86. The first-order chi connectivity index (χ1) is 9.92. The summed E-state index contributed by atoms with van der Waals surface area (Å²) >= 11 is 1.38. The molecule has 0 saturated heterocycles. The molecule has 2 aromatic rings. The number of thiazole rings is 1. The van der Waals surface area contributed by atoms with E-state index in [4.69, 9.17) is 9.47 Å². The Morgan fingerprint density at radius 1 is 1.19 bits per heavy atom. The van der Waals surface area contributed by atoms with Gasteiger partial charge in [0.15, 0.2) is 11.5 Å². The number of methoxy groups -OCH3 is 2. The van der Waals surface area contributed by atoms with Gasteiger partial charge in [-0.15, -0.1) is 11.3 Å². The average Bonchev–Trinajstić information content (AvgIpc) is 2.90. The van der Waals surface area contributed by atoms with Crippen LogP contribution in [0.25, 0.3) is 10.6 Å². The second kappa shape index (κ2) is 5.74. The average molecular weight is 302 g/mol. The number of nitriles is 1. The van der Waals surface area contributed by atoms with Crippen molar-refractivity contribution in [2.75, 3.05) is 14.2 Å². The Balaban J connectivity index is 2.64. The van der Waals surface area contributed by atoms with E-state index in [0.29, 0.717) is 16.4 Å². The molecule has 0 amide bonds. The first kappa shape index (κ1) is 15.3. The van der Waals surface area contributed by atoms with Crippen LogP contribution in [0.15, 0.2) is 18.2 Å². The van der Waals surface area contributed by atoms with E-state index >= 15 is 0 Å². The van der Waals surface area contributed by atoms with Crippen LogP contribution < -0.4 is 9.47 Å². The largest absolute Gasteiger partial charge is 0.493 e. The zero-order chi connectivity index (χ0) is 15.6. The fourth-order valence-corrected chi connectivity index (χ4v) is 3.17. The number of aromatic nitrogens is 1. The fraction of sp³-hybridized carbons (Fsp3) is 0.375. The number of benzene rings is 1. The third-order valence-electron chi connectivity index (χ3n) is 3.07. The molecule has 1 aromatic heterocycles. The summed E-state index contributed by atoms with van der Waals surface area (Å²) in [7, 11) is 3.20. The minimum atomic E-state index is -0.175. The van der Waals surface area contributed by atoms with Gasteiger partial charge in [-0.25, -0.2) is 4.98 Å². The Morgan fingerprint density at radius 2 is 1.90 bits per heavy atom. The number of hydrogen-bond donors (Lipinski definition) is 0. The first-order valence-electron chi connectivity index (χ1n) is 6.55. The van der Waals surface area contributed by atoms with Gasteiger partial charge in [0.2, 0.25) is 0 Å². The fourth-order valence-electron chi connectivity index (χ4n) is 2.07. The zero-order valence-electron chi connectivity index (χ0n) is 12.9. The summed E-state index contributed by atoms with van der Waals surface area (Å²) in [6.45, 7) is 6.15. The molecule has 0 fully saturated rings. The molecule has 1 aromatic carbocycles. The van der Waals surface area contributed by atoms with Gasteiger partial charge in [-0.3, -0.25) is 0 Å². The predicted molar refractivity (Wildman–Crippen MR) is 84.1 cm³/mol. The maximum absolute atomic E-state index is 9.33. The Morgan fingerprint density at radius 3 is 2.38 bits per heavy atom. The van der Waals surface area contributed by atoms with Crippen molar-refractivity contribution in [2.24, 2.45) is 0 Å². The van der Waals surface area contributed by atoms with Gasteiger partial charge in [0.1, 0.15) is 16.0 Å². The third-order valence-corrected chi connectivity index (χ3v) is 4.07. The standard InChI is InChI=1S/C16H18N2O2S/c1-16(2,3)14-12(9-17)21-15(18-14)10-7-6-8-11(19-4)13(10)20-5/h6-8H,1-5H3. The summed E-state index contributed by atoms with van der Waals surface area (Å²) < 4.78 is 10.8. The molecule has 1 heterocycles. The molecule has 0 saturated carbocycles. The summed E-state index contributed by atoms with van der Waals surface area (Å²) in [6.07, 6.45) is 0. The Labute approximate surface area is 129 Å². The highest BCUT2D eigenvalue weighted by Gasteiger charge is 2.25. The van der Waals surface area contributed by atoms with Crippen LogP contribution in [0, 0.1) is 11.3 Å². The summed E-state index contributed by atoms with van der Waals surface area (Å²) in [4.78, 5) is 5.31. The van der Waals surface area contributed by atoms with Gasteiger partial charge in [0.05, 0.1) is 25.5 Å². The van der Waals surface area contributed by atoms with Crippen molar-refractivity contribution in [1.29, 1.82) is 5.26 Å². The summed E-state index contributed by atoms with van der Waals surface area (Å²) in [5, 5.41) is 10.1. The lowest BCUT2D eigenvalue weighted by molar-refractivity contribution is 0.356. The molecule has 21 heavy (non-hydrogen) atoms. The van der Waals surface area contributed by atoms with Crippen LogP contribution in [-0.4, -0.2) is 19.2 Å². The van der Waals surface area contributed by atoms with Gasteiger partial charge in [0, 0.05) is 5.41 Å². The molecule has 110 valence electrons. The monoisotopic (exact) mass is 302 g/mol. The zero-order valence-corrected chi connectivity index (χ0v) is 13.7. The van der Waals surface area contributed by atoms with Gasteiger partial charge in [-0.1, -0.05) is 26.8 Å². The van der Waals surface area contributed by atoms with Crippen LogP contribution in [0.3, 0.4) is 0 Å². The summed E-state index contributed by atoms with van der Waals surface area (Å²) in [5.74, 6) is 1.29. The maximum Gasteiger partial charge on any atom is 0.170 e. The number of nitrogens with zero attached hydrogens (tertiary/aromatic N) is 2. The molecular formula is C16H18N2O2S. The molecule has 0 aliphatic carbocycles. The second-order valence-corrected chi connectivity index (χ2v) is 6.60. The van der Waals surface area contributed by atoms with E-state index in [1.54, 1.807) is 14.2 Å². The molecule has 0 aliphatic heterocycles. The second-order valence-electron chi connectivity index (χ2n) is 5.60. The van der Waals surface area contributed by atoms with Crippen molar-refractivity contribution < 1.29 is 9.47 Å². The number of hydrogen-bond acceptors (Lipinski definition) is 5. The van der Waals surface area contributed by atoms with E-state index in [1.165, 1.54) is 11.3 Å². The summed E-state index contributed by atoms with van der Waals surface area (Å²) in [6, 6.07) is 7.90. The highest BCUT2D eigenvalue weighted by atomic mass is 32.1. The summed E-state index contributed by atoms with van der Waals surface area (Å²) in [5.41, 5.74) is 1.48. The van der Waals surface area contributed by atoms with Crippen molar-refractivity contribution in [3.05, 3.63) is 28.8 Å². The number of rotatable bonds is 3. The van der Waals surface area contributed by atoms with Crippen LogP contribution in [0.4, 0.5) is 0 Å². The molecule has 5 heteroatoms. The van der Waals surface area contributed by atoms with Crippen LogP contribution in [-0.2, 0) is 5.41 Å². The van der Waals surface area contributed by atoms with Gasteiger partial charge >= 0.3 is 0 Å². The van der Waals surface area contributed by atoms with E-state index in [0.717, 1.165) is 16.3 Å². The van der Waals surface area contributed by atoms with Gasteiger partial charge in [0.25, 0.3) is 0 Å². The van der Waals surface area contributed by atoms with Crippen LogP contribution >= 0.6 is 11.3 Å². The minimum Gasteiger partial charge on any atom is -0.493 e. The lowest BCUT2D eigenvalue weighted by Gasteiger charge is -2.15. The van der Waals surface area contributed by atoms with Gasteiger partial charge in [-0.2, -0.15) is 5.26 Å². The van der Waals surface area contributed by atoms with Crippen molar-refractivity contribution in [1.82, 2.24) is 4.98 Å². The minimum absolute atomic E-state index is 0.175. The topological polar surface area (TPSA) is 55.1 Å². The van der Waals surface area contributed by atoms with E-state index in [-0.39, 0.29) is 5.41 Å². The first-order valence-corrected chi connectivity index (χ1v) is 7.36. The smallest absolute Gasteiger partial charge is 0.170 e. The SMILES string of the molecule is COc1cccc(-c2nc(C(C)(C)C)c(C#N)s2)c1OC. The van der Waals surface area contributed by atoms with Crippen molar-refractivity contribution >= 4 is 11.3 Å². The van der Waals surface area contributed by atoms with Gasteiger partial charge < -0.3 is 9.47 Å². The lowest BCUT2D eigenvalue weighted by Crippen LogP contribution is -2.13. The molecule has 0 N–H and O–H groups in total. The molecule has 0 radical (unpaired) electrons. The van der Waals surface area contributed by atoms with Crippen LogP contribution in [0.1, 0.15) is 31.3 Å². The number of ether oxygens (including phenoxy) is 2. The maximum atomic E-state index is 9.33. The van der Waals surface area contributed by atoms with Crippen molar-refractivity contribution in [3.63, 3.8) is 0 Å². The van der Waals surface area contributed by atoms with E-state index in [2.05, 4.69) is 31.8 Å². The molecule has 0 atom stereocenters. The molecule has 0 aliphatic rings. The Hall–Kier alpha value is -2.06. The highest BCUT2D eigenvalue weighted by molar-refractivity contribution is 7.15. The Bertz CT molecular complexity index is 693.